The third-order valence-electron chi connectivity index (χ3n) is 3.36. The van der Waals surface area contributed by atoms with E-state index in [0.717, 1.165) is 31.4 Å². The van der Waals surface area contributed by atoms with Crippen molar-refractivity contribution in [3.8, 4) is 0 Å². The highest BCUT2D eigenvalue weighted by atomic mass is 16.7. The average molecular weight is 346 g/mol. The molecule has 1 aromatic heterocycles. The zero-order valence-corrected chi connectivity index (χ0v) is 13.7. The maximum absolute atomic E-state index is 11.8. The lowest BCUT2D eigenvalue weighted by Gasteiger charge is -2.07. The highest BCUT2D eigenvalue weighted by molar-refractivity contribution is 5.94. The Bertz CT molecular complexity index is 751. The van der Waals surface area contributed by atoms with Crippen molar-refractivity contribution in [3.63, 3.8) is 0 Å². The quantitative estimate of drug-likeness (QED) is 0.446. The van der Waals surface area contributed by atoms with Crippen molar-refractivity contribution in [1.82, 2.24) is 0 Å². The Labute approximate surface area is 143 Å². The number of rotatable bonds is 8. The number of hydrogen-bond acceptors (Lipinski definition) is 6. The molecule has 0 spiro atoms. The number of carbonyl (C=O) groups is 2. The van der Waals surface area contributed by atoms with E-state index in [1.54, 1.807) is 12.1 Å². The number of hydrogen-bond donors (Lipinski definition) is 1. The zero-order valence-electron chi connectivity index (χ0n) is 13.7. The molecule has 0 aliphatic heterocycles. The molecule has 0 radical (unpaired) electrons. The van der Waals surface area contributed by atoms with Gasteiger partial charge in [-0.2, -0.15) is 0 Å². The van der Waals surface area contributed by atoms with E-state index in [9.17, 15) is 19.7 Å². The molecule has 0 fully saturated rings. The number of aryl methyl sites for hydroxylation is 1. The summed E-state index contributed by atoms with van der Waals surface area (Å²) >= 11 is 0. The van der Waals surface area contributed by atoms with E-state index in [1.807, 2.05) is 12.1 Å². The molecule has 0 atom stereocenters. The van der Waals surface area contributed by atoms with Crippen LogP contribution in [0.25, 0.3) is 0 Å². The molecule has 0 aliphatic carbocycles. The van der Waals surface area contributed by atoms with Gasteiger partial charge in [-0.25, -0.2) is 4.79 Å². The molecule has 1 aromatic carbocycles. The Balaban J connectivity index is 1.81. The van der Waals surface area contributed by atoms with Crippen LogP contribution in [0.2, 0.25) is 0 Å². The third-order valence-corrected chi connectivity index (χ3v) is 3.36. The second-order valence-corrected chi connectivity index (χ2v) is 5.32. The fourth-order valence-corrected chi connectivity index (χ4v) is 2.07. The summed E-state index contributed by atoms with van der Waals surface area (Å²) < 4.78 is 9.46. The molecular formula is C17H18N2O6. The average Bonchev–Trinajstić information content (AvgIpc) is 3.09. The molecule has 25 heavy (non-hydrogen) atoms. The number of nitro groups is 1. The van der Waals surface area contributed by atoms with Crippen molar-refractivity contribution in [2.45, 2.75) is 26.2 Å². The van der Waals surface area contributed by atoms with E-state index >= 15 is 0 Å². The molecule has 0 bridgehead atoms. The van der Waals surface area contributed by atoms with Crippen molar-refractivity contribution in [2.75, 3.05) is 11.9 Å². The molecule has 8 nitrogen and oxygen atoms in total. The first kappa shape index (κ1) is 18.2. The molecule has 2 rings (SSSR count). The Morgan fingerprint density at radius 2 is 1.92 bits per heavy atom. The predicted molar refractivity (Wildman–Crippen MR) is 89.3 cm³/mol. The normalized spacial score (nSPS) is 10.3. The minimum atomic E-state index is -0.946. The molecule has 1 N–H and O–H groups in total. The molecule has 0 saturated heterocycles. The summed E-state index contributed by atoms with van der Waals surface area (Å²) in [5.41, 5.74) is 1.78. The van der Waals surface area contributed by atoms with Gasteiger partial charge in [0.1, 0.15) is 4.92 Å². The van der Waals surface area contributed by atoms with Crippen LogP contribution < -0.4 is 5.32 Å². The number of ether oxygens (including phenoxy) is 1. The molecule has 0 unspecified atom stereocenters. The van der Waals surface area contributed by atoms with Crippen LogP contribution in [0, 0.1) is 10.1 Å². The van der Waals surface area contributed by atoms with Gasteiger partial charge in [-0.1, -0.05) is 25.5 Å². The van der Waals surface area contributed by atoms with Gasteiger partial charge in [-0.05, 0) is 36.6 Å². The third kappa shape index (κ3) is 5.45. The molecule has 2 aromatic rings. The Kier molecular flexibility index (Phi) is 6.27. The van der Waals surface area contributed by atoms with Crippen molar-refractivity contribution >= 4 is 23.4 Å². The van der Waals surface area contributed by atoms with Crippen LogP contribution in [0.1, 0.15) is 35.9 Å². The number of benzene rings is 1. The van der Waals surface area contributed by atoms with Crippen LogP contribution in [0.5, 0.6) is 0 Å². The van der Waals surface area contributed by atoms with E-state index in [4.69, 9.17) is 9.15 Å². The second-order valence-electron chi connectivity index (χ2n) is 5.32. The smallest absolute Gasteiger partial charge is 0.433 e. The van der Waals surface area contributed by atoms with Crippen molar-refractivity contribution in [1.29, 1.82) is 0 Å². The number of furan rings is 1. The number of carbonyl (C=O) groups excluding carboxylic acids is 2. The number of nitrogens with one attached hydrogen (secondary N) is 1. The Hall–Kier alpha value is -3.16. The van der Waals surface area contributed by atoms with E-state index in [-0.39, 0.29) is 5.76 Å². The summed E-state index contributed by atoms with van der Waals surface area (Å²) in [6.45, 7) is 1.60. The molecule has 0 aliphatic rings. The summed E-state index contributed by atoms with van der Waals surface area (Å²) in [6, 6.07) is 9.57. The van der Waals surface area contributed by atoms with Gasteiger partial charge in [0.25, 0.3) is 5.91 Å². The first-order valence-corrected chi connectivity index (χ1v) is 7.79. The summed E-state index contributed by atoms with van der Waals surface area (Å²) in [7, 11) is 0. The molecular weight excluding hydrogens is 328 g/mol. The maximum atomic E-state index is 11.8. The molecule has 0 saturated carbocycles. The monoisotopic (exact) mass is 346 g/mol. The van der Waals surface area contributed by atoms with Crippen LogP contribution in [-0.4, -0.2) is 23.4 Å². The maximum Gasteiger partial charge on any atom is 0.433 e. The van der Waals surface area contributed by atoms with Crippen molar-refractivity contribution < 1.29 is 23.7 Å². The first-order valence-electron chi connectivity index (χ1n) is 7.79. The summed E-state index contributed by atoms with van der Waals surface area (Å²) in [5.74, 6) is -2.37. The molecule has 132 valence electrons. The van der Waals surface area contributed by atoms with E-state index in [0.29, 0.717) is 5.69 Å². The first-order chi connectivity index (χ1) is 12.0. The molecule has 1 heterocycles. The van der Waals surface area contributed by atoms with Crippen molar-refractivity contribution in [2.24, 2.45) is 0 Å². The van der Waals surface area contributed by atoms with Gasteiger partial charge in [-0.3, -0.25) is 14.9 Å². The lowest BCUT2D eigenvalue weighted by atomic mass is 10.1. The SMILES string of the molecule is CCCCc1ccc(NC(=O)COC(=O)c2ccc([N+](=O)[O-])o2)cc1. The number of amides is 1. The van der Waals surface area contributed by atoms with Gasteiger partial charge in [0.15, 0.2) is 6.61 Å². The van der Waals surface area contributed by atoms with Crippen LogP contribution in [-0.2, 0) is 16.0 Å². The van der Waals surface area contributed by atoms with Crippen molar-refractivity contribution in [3.05, 3.63) is 57.8 Å². The van der Waals surface area contributed by atoms with Gasteiger partial charge in [-0.15, -0.1) is 0 Å². The molecule has 1 amide bonds. The van der Waals surface area contributed by atoms with Gasteiger partial charge >= 0.3 is 11.9 Å². The van der Waals surface area contributed by atoms with Gasteiger partial charge < -0.3 is 14.5 Å². The summed E-state index contributed by atoms with van der Waals surface area (Å²) in [6.07, 6.45) is 3.20. The van der Waals surface area contributed by atoms with Crippen LogP contribution >= 0.6 is 0 Å². The van der Waals surface area contributed by atoms with Crippen LogP contribution in [0.4, 0.5) is 11.6 Å². The number of unbranched alkanes of at least 4 members (excludes halogenated alkanes) is 1. The second kappa shape index (κ2) is 8.62. The largest absolute Gasteiger partial charge is 0.450 e. The van der Waals surface area contributed by atoms with E-state index in [1.165, 1.54) is 5.56 Å². The molecule has 8 heteroatoms. The lowest BCUT2D eigenvalue weighted by molar-refractivity contribution is -0.402. The standard InChI is InChI=1S/C17H18N2O6/c1-2-3-4-12-5-7-13(8-6-12)18-15(20)11-24-17(21)14-9-10-16(25-14)19(22)23/h5-10H,2-4,11H2,1H3,(H,18,20). The Morgan fingerprint density at radius 3 is 2.52 bits per heavy atom. The number of anilines is 1. The van der Waals surface area contributed by atoms with Crippen LogP contribution in [0.15, 0.2) is 40.8 Å². The summed E-state index contributed by atoms with van der Waals surface area (Å²) in [4.78, 5) is 33.2. The minimum Gasteiger partial charge on any atom is -0.450 e. The topological polar surface area (TPSA) is 112 Å². The van der Waals surface area contributed by atoms with Gasteiger partial charge in [0.05, 0.1) is 6.07 Å². The van der Waals surface area contributed by atoms with E-state index < -0.39 is 29.3 Å². The number of esters is 1. The van der Waals surface area contributed by atoms with Crippen LogP contribution in [0.3, 0.4) is 0 Å². The summed E-state index contributed by atoms with van der Waals surface area (Å²) in [5, 5.41) is 13.1. The fraction of sp³-hybridized carbons (Fsp3) is 0.294. The highest BCUT2D eigenvalue weighted by Crippen LogP contribution is 2.16. The van der Waals surface area contributed by atoms with E-state index in [2.05, 4.69) is 12.2 Å². The fourth-order valence-electron chi connectivity index (χ4n) is 2.07. The van der Waals surface area contributed by atoms with Gasteiger partial charge in [0.2, 0.25) is 5.76 Å². The Morgan fingerprint density at radius 1 is 1.20 bits per heavy atom. The minimum absolute atomic E-state index is 0.334. The zero-order chi connectivity index (χ0) is 18.2. The highest BCUT2D eigenvalue weighted by Gasteiger charge is 2.19. The number of nitrogens with zero attached hydrogens (tertiary/aromatic N) is 1. The predicted octanol–water partition coefficient (Wildman–Crippen LogP) is 3.33. The lowest BCUT2D eigenvalue weighted by Crippen LogP contribution is -2.20. The van der Waals surface area contributed by atoms with Gasteiger partial charge in [0, 0.05) is 5.69 Å².